The lowest BCUT2D eigenvalue weighted by Gasteiger charge is -2.06. The second-order valence-electron chi connectivity index (χ2n) is 7.20. The Morgan fingerprint density at radius 1 is 0.760 bits per heavy atom. The van der Waals surface area contributed by atoms with Crippen molar-refractivity contribution in [1.29, 1.82) is 0 Å². The maximum absolute atomic E-state index is 2.47. The zero-order valence-corrected chi connectivity index (χ0v) is 16.4. The van der Waals surface area contributed by atoms with Gasteiger partial charge in [0, 0.05) is 0 Å². The van der Waals surface area contributed by atoms with Gasteiger partial charge in [-0.1, -0.05) is 70.6 Å². The number of aromatic nitrogens is 2. The molecule has 2 aromatic rings. The van der Waals surface area contributed by atoms with Gasteiger partial charge in [0.05, 0.1) is 18.7 Å². The minimum atomic E-state index is 1.13. The molecular weight excluding hydrogens is 304 g/mol. The molecule has 0 radical (unpaired) electrons. The molecular formula is C23H37N2+. The summed E-state index contributed by atoms with van der Waals surface area (Å²) in [5.41, 5.74) is 1.34. The molecule has 0 aliphatic rings. The van der Waals surface area contributed by atoms with Gasteiger partial charge in [0.2, 0.25) is 0 Å². The lowest BCUT2D eigenvalue weighted by atomic mass is 10.1. The monoisotopic (exact) mass is 341 g/mol. The zero-order valence-electron chi connectivity index (χ0n) is 16.4. The van der Waals surface area contributed by atoms with E-state index in [-0.39, 0.29) is 0 Å². The van der Waals surface area contributed by atoms with E-state index in [9.17, 15) is 0 Å². The second-order valence-corrected chi connectivity index (χ2v) is 7.20. The van der Waals surface area contributed by atoms with Crippen molar-refractivity contribution in [2.24, 2.45) is 0 Å². The molecule has 0 bridgehead atoms. The third kappa shape index (κ3) is 6.68. The highest BCUT2D eigenvalue weighted by molar-refractivity contribution is 5.52. The number of benzene rings is 1. The molecule has 2 heteroatoms. The van der Waals surface area contributed by atoms with Gasteiger partial charge in [-0.25, -0.2) is 9.13 Å². The van der Waals surface area contributed by atoms with Crippen LogP contribution in [-0.2, 0) is 13.1 Å². The van der Waals surface area contributed by atoms with E-state index in [2.05, 4.69) is 65.7 Å². The van der Waals surface area contributed by atoms with E-state index in [1.54, 1.807) is 0 Å². The SMILES string of the molecule is CCCCCCCCCn1cc[n+](CCCCC)c1-c1ccccc1. The van der Waals surface area contributed by atoms with Gasteiger partial charge in [-0.3, -0.25) is 0 Å². The van der Waals surface area contributed by atoms with E-state index in [1.165, 1.54) is 75.6 Å². The largest absolute Gasteiger partial charge is 0.288 e. The van der Waals surface area contributed by atoms with Crippen molar-refractivity contribution in [2.75, 3.05) is 0 Å². The lowest BCUT2D eigenvalue weighted by molar-refractivity contribution is -0.686. The van der Waals surface area contributed by atoms with Gasteiger partial charge >= 0.3 is 0 Å². The summed E-state index contributed by atoms with van der Waals surface area (Å²) >= 11 is 0. The third-order valence-electron chi connectivity index (χ3n) is 5.01. The summed E-state index contributed by atoms with van der Waals surface area (Å²) in [6.07, 6.45) is 18.0. The highest BCUT2D eigenvalue weighted by Gasteiger charge is 2.18. The number of unbranched alkanes of at least 4 members (excludes halogenated alkanes) is 8. The average Bonchev–Trinajstić information content (AvgIpc) is 3.05. The minimum absolute atomic E-state index is 1.13. The lowest BCUT2D eigenvalue weighted by Crippen LogP contribution is -2.34. The Bertz CT molecular complexity index is 571. The molecule has 0 unspecified atom stereocenters. The molecule has 0 atom stereocenters. The number of hydrogen-bond donors (Lipinski definition) is 0. The highest BCUT2D eigenvalue weighted by Crippen LogP contribution is 2.17. The molecule has 0 aliphatic carbocycles. The van der Waals surface area contributed by atoms with E-state index in [0.29, 0.717) is 0 Å². The van der Waals surface area contributed by atoms with Crippen LogP contribution < -0.4 is 4.57 Å². The van der Waals surface area contributed by atoms with Crippen LogP contribution >= 0.6 is 0 Å². The Morgan fingerprint density at radius 2 is 1.40 bits per heavy atom. The summed E-state index contributed by atoms with van der Waals surface area (Å²) in [5.74, 6) is 1.38. The molecule has 25 heavy (non-hydrogen) atoms. The standard InChI is InChI=1S/C23H37N2/c1-3-5-7-8-9-10-15-19-25-21-20-24(18-14-6-4-2)23(25)22-16-12-11-13-17-22/h11-13,16-17,20-21H,3-10,14-15,18-19H2,1-2H3/q+1. The highest BCUT2D eigenvalue weighted by atomic mass is 15.1. The Kier molecular flexibility index (Phi) is 9.40. The van der Waals surface area contributed by atoms with Crippen LogP contribution in [-0.4, -0.2) is 4.57 Å². The first-order valence-electron chi connectivity index (χ1n) is 10.5. The van der Waals surface area contributed by atoms with Crippen LogP contribution in [0.2, 0.25) is 0 Å². The Hall–Kier alpha value is -1.57. The molecule has 0 saturated heterocycles. The topological polar surface area (TPSA) is 8.81 Å². The van der Waals surface area contributed by atoms with Crippen molar-refractivity contribution >= 4 is 0 Å². The summed E-state index contributed by atoms with van der Waals surface area (Å²) in [6, 6.07) is 10.9. The Morgan fingerprint density at radius 3 is 2.12 bits per heavy atom. The van der Waals surface area contributed by atoms with E-state index < -0.39 is 0 Å². The number of hydrogen-bond acceptors (Lipinski definition) is 0. The van der Waals surface area contributed by atoms with Crippen LogP contribution in [0, 0.1) is 0 Å². The number of aryl methyl sites for hydroxylation is 2. The van der Waals surface area contributed by atoms with Crippen LogP contribution in [0.3, 0.4) is 0 Å². The molecule has 0 aliphatic heterocycles. The smallest absolute Gasteiger partial charge is 0.230 e. The van der Waals surface area contributed by atoms with E-state index in [1.807, 2.05) is 0 Å². The van der Waals surface area contributed by atoms with Crippen LogP contribution in [0.1, 0.15) is 78.1 Å². The van der Waals surface area contributed by atoms with Crippen LogP contribution in [0.15, 0.2) is 42.7 Å². The molecule has 2 nitrogen and oxygen atoms in total. The van der Waals surface area contributed by atoms with Crippen molar-refractivity contribution in [3.63, 3.8) is 0 Å². The number of nitrogens with zero attached hydrogens (tertiary/aromatic N) is 2. The van der Waals surface area contributed by atoms with Gasteiger partial charge in [-0.15, -0.1) is 0 Å². The van der Waals surface area contributed by atoms with Crippen molar-refractivity contribution in [3.05, 3.63) is 42.7 Å². The molecule has 1 aromatic carbocycles. The van der Waals surface area contributed by atoms with Gasteiger partial charge in [-0.2, -0.15) is 0 Å². The predicted molar refractivity (Wildman–Crippen MR) is 108 cm³/mol. The first-order valence-corrected chi connectivity index (χ1v) is 10.5. The third-order valence-corrected chi connectivity index (χ3v) is 5.01. The van der Waals surface area contributed by atoms with Gasteiger partial charge in [0.25, 0.3) is 5.82 Å². The fraction of sp³-hybridized carbons (Fsp3) is 0.609. The Balaban J connectivity index is 1.95. The van der Waals surface area contributed by atoms with Gasteiger partial charge in [-0.05, 0) is 37.8 Å². The molecule has 0 fully saturated rings. The van der Waals surface area contributed by atoms with E-state index >= 15 is 0 Å². The Labute approximate surface area is 154 Å². The first kappa shape index (κ1) is 19.8. The maximum Gasteiger partial charge on any atom is 0.288 e. The van der Waals surface area contributed by atoms with Gasteiger partial charge < -0.3 is 0 Å². The molecule has 1 heterocycles. The quantitative estimate of drug-likeness (QED) is 0.295. The fourth-order valence-electron chi connectivity index (χ4n) is 3.52. The van der Waals surface area contributed by atoms with Crippen LogP contribution in [0.25, 0.3) is 11.4 Å². The van der Waals surface area contributed by atoms with Crippen LogP contribution in [0.5, 0.6) is 0 Å². The number of imidazole rings is 1. The molecule has 0 spiro atoms. The first-order chi connectivity index (χ1) is 12.4. The van der Waals surface area contributed by atoms with Crippen molar-refractivity contribution in [1.82, 2.24) is 4.57 Å². The molecule has 0 saturated carbocycles. The second kappa shape index (κ2) is 11.9. The van der Waals surface area contributed by atoms with Crippen molar-refractivity contribution in [3.8, 4) is 11.4 Å². The minimum Gasteiger partial charge on any atom is -0.230 e. The van der Waals surface area contributed by atoms with E-state index in [0.717, 1.165) is 13.1 Å². The van der Waals surface area contributed by atoms with Crippen molar-refractivity contribution < 1.29 is 4.57 Å². The summed E-state index contributed by atoms with van der Waals surface area (Å²) in [6.45, 7) is 6.82. The maximum atomic E-state index is 2.47. The molecule has 0 amide bonds. The molecule has 138 valence electrons. The molecule has 0 N–H and O–H groups in total. The fourth-order valence-corrected chi connectivity index (χ4v) is 3.52. The molecule has 2 rings (SSSR count). The summed E-state index contributed by atoms with van der Waals surface area (Å²) in [4.78, 5) is 0. The van der Waals surface area contributed by atoms with Crippen molar-refractivity contribution in [2.45, 2.75) is 91.1 Å². The summed E-state index contributed by atoms with van der Waals surface area (Å²) in [7, 11) is 0. The predicted octanol–water partition coefficient (Wildman–Crippen LogP) is 6.38. The van der Waals surface area contributed by atoms with E-state index in [4.69, 9.17) is 0 Å². The zero-order chi connectivity index (χ0) is 17.7. The van der Waals surface area contributed by atoms with Gasteiger partial charge in [0.1, 0.15) is 12.4 Å². The normalized spacial score (nSPS) is 11.1. The summed E-state index contributed by atoms with van der Waals surface area (Å²) in [5, 5.41) is 0. The molecule has 1 aromatic heterocycles. The van der Waals surface area contributed by atoms with Crippen LogP contribution in [0.4, 0.5) is 0 Å². The van der Waals surface area contributed by atoms with Gasteiger partial charge in [0.15, 0.2) is 0 Å². The summed E-state index contributed by atoms with van der Waals surface area (Å²) < 4.78 is 4.92. The number of rotatable bonds is 13. The average molecular weight is 342 g/mol.